The molecule has 0 aliphatic rings. The Kier molecular flexibility index (Phi) is 2.80. The topological polar surface area (TPSA) is 26.3 Å². The highest BCUT2D eigenvalue weighted by molar-refractivity contribution is 6.23. The van der Waals surface area contributed by atoms with E-state index in [0.29, 0.717) is 0 Å². The van der Waals surface area contributed by atoms with Gasteiger partial charge in [0.2, 0.25) is 0 Å². The van der Waals surface area contributed by atoms with Crippen molar-refractivity contribution in [3.63, 3.8) is 0 Å². The number of hydrogen-bond acceptors (Lipinski definition) is 2. The molecule has 0 aliphatic carbocycles. The molecule has 0 spiro atoms. The minimum Gasteiger partial charge on any atom is -0.469 e. The Morgan fingerprint density at radius 2 is 1.45 bits per heavy atom. The fourth-order valence-electron chi connectivity index (χ4n) is 3.44. The van der Waals surface area contributed by atoms with Gasteiger partial charge >= 0.3 is 5.97 Å². The summed E-state index contributed by atoms with van der Waals surface area (Å²) in [5.41, 5.74) is 1.03. The van der Waals surface area contributed by atoms with Crippen molar-refractivity contribution in [3.05, 3.63) is 60.2 Å². The second-order valence-corrected chi connectivity index (χ2v) is 5.76. The minimum atomic E-state index is -0.269. The first kappa shape index (κ1) is 13.1. The predicted octanol–water partition coefficient (Wildman–Crippen LogP) is 4.86. The van der Waals surface area contributed by atoms with Crippen LogP contribution in [0.5, 0.6) is 0 Å². The summed E-state index contributed by atoms with van der Waals surface area (Å²) < 4.78 is 4.92. The van der Waals surface area contributed by atoms with Gasteiger partial charge in [0.25, 0.3) is 0 Å². The zero-order valence-electron chi connectivity index (χ0n) is 12.6. The van der Waals surface area contributed by atoms with Crippen LogP contribution >= 0.6 is 0 Å². The molecule has 4 aromatic carbocycles. The summed E-state index contributed by atoms with van der Waals surface area (Å²) in [6.45, 7) is 1.90. The molecule has 1 unspecified atom stereocenters. The highest BCUT2D eigenvalue weighted by atomic mass is 16.5. The van der Waals surface area contributed by atoms with Crippen LogP contribution < -0.4 is 0 Å². The molecule has 0 fully saturated rings. The second kappa shape index (κ2) is 4.70. The van der Waals surface area contributed by atoms with Gasteiger partial charge in [-0.2, -0.15) is 0 Å². The maximum Gasteiger partial charge on any atom is 0.312 e. The second-order valence-electron chi connectivity index (χ2n) is 5.76. The number of rotatable bonds is 2. The number of methoxy groups -OCH3 is 1. The van der Waals surface area contributed by atoms with Crippen LogP contribution in [-0.4, -0.2) is 13.1 Å². The first-order valence-corrected chi connectivity index (χ1v) is 7.45. The molecule has 0 radical (unpaired) electrons. The third-order valence-electron chi connectivity index (χ3n) is 4.58. The van der Waals surface area contributed by atoms with Crippen LogP contribution in [0.15, 0.2) is 54.6 Å². The average molecular weight is 288 g/mol. The van der Waals surface area contributed by atoms with Crippen molar-refractivity contribution in [2.75, 3.05) is 7.11 Å². The highest BCUT2D eigenvalue weighted by Gasteiger charge is 2.19. The zero-order chi connectivity index (χ0) is 15.3. The molecule has 0 saturated carbocycles. The van der Waals surface area contributed by atoms with E-state index in [2.05, 4.69) is 48.5 Å². The van der Waals surface area contributed by atoms with Gasteiger partial charge in [0.1, 0.15) is 0 Å². The van der Waals surface area contributed by atoms with Crippen molar-refractivity contribution in [2.45, 2.75) is 12.8 Å². The van der Waals surface area contributed by atoms with Crippen LogP contribution in [-0.2, 0) is 9.53 Å². The van der Waals surface area contributed by atoms with Gasteiger partial charge in [-0.05, 0) is 44.8 Å². The molecule has 22 heavy (non-hydrogen) atoms. The lowest BCUT2D eigenvalue weighted by Crippen LogP contribution is -2.11. The van der Waals surface area contributed by atoms with Crippen LogP contribution in [0.3, 0.4) is 0 Å². The van der Waals surface area contributed by atoms with Crippen LogP contribution in [0.2, 0.25) is 0 Å². The smallest absolute Gasteiger partial charge is 0.312 e. The molecule has 0 amide bonds. The van der Waals surface area contributed by atoms with Gasteiger partial charge in [0.05, 0.1) is 13.0 Å². The number of esters is 1. The molecule has 0 bridgehead atoms. The van der Waals surface area contributed by atoms with E-state index in [0.717, 1.165) is 10.9 Å². The lowest BCUT2D eigenvalue weighted by atomic mass is 9.88. The van der Waals surface area contributed by atoms with Gasteiger partial charge in [-0.25, -0.2) is 0 Å². The van der Waals surface area contributed by atoms with Crippen molar-refractivity contribution in [3.8, 4) is 0 Å². The van der Waals surface area contributed by atoms with E-state index in [4.69, 9.17) is 4.74 Å². The largest absolute Gasteiger partial charge is 0.469 e. The molecule has 0 aromatic heterocycles. The molecule has 0 heterocycles. The van der Waals surface area contributed by atoms with Crippen LogP contribution in [0.4, 0.5) is 0 Å². The van der Waals surface area contributed by atoms with E-state index < -0.39 is 0 Å². The van der Waals surface area contributed by atoms with Crippen molar-refractivity contribution >= 4 is 38.3 Å². The van der Waals surface area contributed by atoms with Gasteiger partial charge in [-0.3, -0.25) is 4.79 Å². The number of benzene rings is 4. The molecule has 0 N–H and O–H groups in total. The van der Waals surface area contributed by atoms with Crippen LogP contribution in [0, 0.1) is 0 Å². The van der Waals surface area contributed by atoms with E-state index in [9.17, 15) is 4.79 Å². The van der Waals surface area contributed by atoms with Crippen LogP contribution in [0.1, 0.15) is 18.4 Å². The lowest BCUT2D eigenvalue weighted by Gasteiger charge is -2.16. The first-order valence-electron chi connectivity index (χ1n) is 7.45. The predicted molar refractivity (Wildman–Crippen MR) is 90.6 cm³/mol. The maximum atomic E-state index is 11.9. The lowest BCUT2D eigenvalue weighted by molar-refractivity contribution is -0.141. The standard InChI is InChI=1S/C20H16O2/c1-12(20(21)22-2)16-10-8-15-7-6-13-4-3-5-14-9-11-17(16)19(15)18(13)14/h3-12H,1-2H3. The fraction of sp³-hybridized carbons (Fsp3) is 0.150. The van der Waals surface area contributed by atoms with E-state index in [1.807, 2.05) is 13.0 Å². The summed E-state index contributed by atoms with van der Waals surface area (Å²) in [5, 5.41) is 7.33. The zero-order valence-corrected chi connectivity index (χ0v) is 12.6. The van der Waals surface area contributed by atoms with E-state index >= 15 is 0 Å². The molecular weight excluding hydrogens is 272 g/mol. The van der Waals surface area contributed by atoms with Gasteiger partial charge in [-0.1, -0.05) is 54.6 Å². The Labute approximate surface area is 128 Å². The molecule has 108 valence electrons. The Hall–Kier alpha value is -2.61. The monoisotopic (exact) mass is 288 g/mol. The summed E-state index contributed by atoms with van der Waals surface area (Å²) >= 11 is 0. The number of carbonyl (C=O) groups excluding carboxylic acids is 1. The van der Waals surface area contributed by atoms with E-state index in [1.165, 1.54) is 34.0 Å². The van der Waals surface area contributed by atoms with E-state index in [1.54, 1.807) is 0 Å². The molecule has 1 atom stereocenters. The molecule has 0 aliphatic heterocycles. The summed E-state index contributed by atoms with van der Waals surface area (Å²) in [6, 6.07) is 19.1. The van der Waals surface area contributed by atoms with Gasteiger partial charge < -0.3 is 4.74 Å². The summed E-state index contributed by atoms with van der Waals surface area (Å²) in [5.74, 6) is -0.468. The third-order valence-corrected chi connectivity index (χ3v) is 4.58. The normalized spacial score (nSPS) is 13.0. The Balaban J connectivity index is 2.15. The molecule has 2 nitrogen and oxygen atoms in total. The third kappa shape index (κ3) is 1.70. The summed E-state index contributed by atoms with van der Waals surface area (Å²) in [4.78, 5) is 11.9. The summed E-state index contributed by atoms with van der Waals surface area (Å²) in [6.07, 6.45) is 0. The Morgan fingerprint density at radius 1 is 0.864 bits per heavy atom. The number of hydrogen-bond donors (Lipinski definition) is 0. The molecule has 4 rings (SSSR count). The molecule has 2 heteroatoms. The van der Waals surface area contributed by atoms with Crippen molar-refractivity contribution in [2.24, 2.45) is 0 Å². The average Bonchev–Trinajstić information content (AvgIpc) is 2.58. The summed E-state index contributed by atoms with van der Waals surface area (Å²) in [7, 11) is 1.44. The van der Waals surface area contributed by atoms with Crippen LogP contribution in [0.25, 0.3) is 32.3 Å². The molecule has 0 saturated heterocycles. The van der Waals surface area contributed by atoms with Crippen molar-refractivity contribution in [1.29, 1.82) is 0 Å². The number of carbonyl (C=O) groups is 1. The molecular formula is C20H16O2. The quantitative estimate of drug-likeness (QED) is 0.389. The minimum absolute atomic E-state index is 0.199. The fourth-order valence-corrected chi connectivity index (χ4v) is 3.44. The van der Waals surface area contributed by atoms with E-state index in [-0.39, 0.29) is 11.9 Å². The van der Waals surface area contributed by atoms with Crippen molar-refractivity contribution < 1.29 is 9.53 Å². The van der Waals surface area contributed by atoms with Gasteiger partial charge in [0.15, 0.2) is 0 Å². The Bertz CT molecular complexity index is 985. The van der Waals surface area contributed by atoms with Gasteiger partial charge in [0, 0.05) is 0 Å². The van der Waals surface area contributed by atoms with Crippen molar-refractivity contribution in [1.82, 2.24) is 0 Å². The SMILES string of the molecule is COC(=O)C(C)c1ccc2ccc3cccc4ccc1c2c34. The highest BCUT2D eigenvalue weighted by Crippen LogP contribution is 2.37. The Morgan fingerprint density at radius 3 is 2.14 bits per heavy atom. The maximum absolute atomic E-state index is 11.9. The number of ether oxygens (including phenoxy) is 1. The molecule has 4 aromatic rings. The van der Waals surface area contributed by atoms with Gasteiger partial charge in [-0.15, -0.1) is 0 Å². The first-order chi connectivity index (χ1) is 10.7.